The van der Waals surface area contributed by atoms with Crippen molar-refractivity contribution in [3.05, 3.63) is 54.1 Å². The number of anilines is 3. The number of hydrogen-bond acceptors (Lipinski definition) is 7. The number of amides is 1. The number of nitrogens with one attached hydrogen (secondary N) is 3. The molecular weight excluding hydrogens is 398 g/mol. The summed E-state index contributed by atoms with van der Waals surface area (Å²) >= 11 is 6.41. The molecule has 1 amide bonds. The monoisotopic (exact) mass is 415 g/mol. The van der Waals surface area contributed by atoms with Crippen molar-refractivity contribution in [2.75, 3.05) is 30.2 Å². The van der Waals surface area contributed by atoms with Gasteiger partial charge in [-0.2, -0.15) is 0 Å². The molecule has 3 rings (SSSR count). The highest BCUT2D eigenvalue weighted by atomic mass is 32.1. The summed E-state index contributed by atoms with van der Waals surface area (Å²) in [5.74, 6) is 0.674. The standard InChI is InChI=1S/C18H17N5O3S2/c1-25-13-8-11(9-14(10-13)26-2)15(24)20-17-22-23-18(28-17)21-16(27)19-12-6-4-3-5-7-12/h3-10H,1-2H3,(H,20,22,24)(H2,19,21,23,27). The maximum atomic E-state index is 12.5. The van der Waals surface area contributed by atoms with Crippen LogP contribution in [0.3, 0.4) is 0 Å². The van der Waals surface area contributed by atoms with E-state index in [-0.39, 0.29) is 5.91 Å². The van der Waals surface area contributed by atoms with Crippen molar-refractivity contribution in [2.45, 2.75) is 0 Å². The van der Waals surface area contributed by atoms with E-state index in [9.17, 15) is 4.79 Å². The van der Waals surface area contributed by atoms with Crippen molar-refractivity contribution in [2.24, 2.45) is 0 Å². The van der Waals surface area contributed by atoms with Crippen LogP contribution in [0.1, 0.15) is 10.4 Å². The van der Waals surface area contributed by atoms with Crippen LogP contribution >= 0.6 is 23.6 Å². The highest BCUT2D eigenvalue weighted by molar-refractivity contribution is 7.80. The number of carbonyl (C=O) groups is 1. The Morgan fingerprint density at radius 2 is 1.54 bits per heavy atom. The molecule has 144 valence electrons. The number of rotatable bonds is 6. The van der Waals surface area contributed by atoms with Gasteiger partial charge in [-0.15, -0.1) is 10.2 Å². The first-order valence-corrected chi connectivity index (χ1v) is 9.31. The third-order valence-corrected chi connectivity index (χ3v) is 4.47. The van der Waals surface area contributed by atoms with Crippen LogP contribution in [0.15, 0.2) is 48.5 Å². The fourth-order valence-electron chi connectivity index (χ4n) is 2.21. The van der Waals surface area contributed by atoms with E-state index in [1.807, 2.05) is 30.3 Å². The average molecular weight is 416 g/mol. The highest BCUT2D eigenvalue weighted by Crippen LogP contribution is 2.25. The summed E-state index contributed by atoms with van der Waals surface area (Å²) in [5.41, 5.74) is 1.23. The van der Waals surface area contributed by atoms with Gasteiger partial charge in [0.15, 0.2) is 5.11 Å². The number of aromatic nitrogens is 2. The van der Waals surface area contributed by atoms with Gasteiger partial charge in [0, 0.05) is 17.3 Å². The van der Waals surface area contributed by atoms with Crippen molar-refractivity contribution >= 4 is 50.5 Å². The summed E-state index contributed by atoms with van der Waals surface area (Å²) in [4.78, 5) is 12.5. The van der Waals surface area contributed by atoms with E-state index in [2.05, 4.69) is 26.1 Å². The fourth-order valence-corrected chi connectivity index (χ4v) is 3.14. The van der Waals surface area contributed by atoms with Gasteiger partial charge in [-0.3, -0.25) is 10.1 Å². The first-order valence-electron chi connectivity index (χ1n) is 8.08. The minimum Gasteiger partial charge on any atom is -0.497 e. The van der Waals surface area contributed by atoms with Crippen LogP contribution in [-0.2, 0) is 0 Å². The normalized spacial score (nSPS) is 10.1. The Kier molecular flexibility index (Phi) is 6.35. The third-order valence-electron chi connectivity index (χ3n) is 3.51. The Bertz CT molecular complexity index is 956. The zero-order chi connectivity index (χ0) is 19.9. The van der Waals surface area contributed by atoms with Crippen molar-refractivity contribution in [1.82, 2.24) is 10.2 Å². The molecule has 3 N–H and O–H groups in total. The first-order chi connectivity index (χ1) is 13.6. The number of carbonyl (C=O) groups excluding carboxylic acids is 1. The van der Waals surface area contributed by atoms with E-state index < -0.39 is 0 Å². The van der Waals surface area contributed by atoms with Gasteiger partial charge in [-0.1, -0.05) is 29.5 Å². The number of thiocarbonyl (C=S) groups is 1. The van der Waals surface area contributed by atoms with Gasteiger partial charge in [-0.25, -0.2) is 0 Å². The quantitative estimate of drug-likeness (QED) is 0.525. The molecule has 0 saturated carbocycles. The van der Waals surface area contributed by atoms with Gasteiger partial charge < -0.3 is 20.1 Å². The molecule has 1 aromatic heterocycles. The summed E-state index contributed by atoms with van der Waals surface area (Å²) < 4.78 is 10.4. The van der Waals surface area contributed by atoms with E-state index in [4.69, 9.17) is 21.7 Å². The van der Waals surface area contributed by atoms with Crippen molar-refractivity contribution in [1.29, 1.82) is 0 Å². The molecule has 1 heterocycles. The third kappa shape index (κ3) is 5.15. The largest absolute Gasteiger partial charge is 0.497 e. The van der Waals surface area contributed by atoms with Crippen molar-refractivity contribution < 1.29 is 14.3 Å². The lowest BCUT2D eigenvalue weighted by Gasteiger charge is -2.08. The van der Waals surface area contributed by atoms with E-state index in [0.29, 0.717) is 32.4 Å². The molecule has 0 atom stereocenters. The lowest BCUT2D eigenvalue weighted by Crippen LogP contribution is -2.18. The summed E-state index contributed by atoms with van der Waals surface area (Å²) in [5, 5.41) is 17.7. The van der Waals surface area contributed by atoms with E-state index in [1.165, 1.54) is 14.2 Å². The van der Waals surface area contributed by atoms with Crippen molar-refractivity contribution in [3.8, 4) is 11.5 Å². The van der Waals surface area contributed by atoms with Crippen LogP contribution in [0.25, 0.3) is 0 Å². The lowest BCUT2D eigenvalue weighted by molar-refractivity contribution is 0.102. The van der Waals surface area contributed by atoms with Crippen LogP contribution < -0.4 is 25.4 Å². The van der Waals surface area contributed by atoms with Crippen LogP contribution in [0.5, 0.6) is 11.5 Å². The second kappa shape index (κ2) is 9.11. The smallest absolute Gasteiger partial charge is 0.257 e. The summed E-state index contributed by atoms with van der Waals surface area (Å²) in [6, 6.07) is 14.4. The molecule has 0 saturated heterocycles. The van der Waals surface area contributed by atoms with Crippen LogP contribution in [0.4, 0.5) is 16.0 Å². The molecule has 0 aliphatic heterocycles. The Balaban J connectivity index is 1.62. The molecule has 10 heteroatoms. The maximum Gasteiger partial charge on any atom is 0.257 e. The minimum absolute atomic E-state index is 0.330. The van der Waals surface area contributed by atoms with Gasteiger partial charge in [0.2, 0.25) is 10.3 Å². The average Bonchev–Trinajstić information content (AvgIpc) is 3.14. The molecule has 0 fully saturated rings. The molecule has 8 nitrogen and oxygen atoms in total. The topological polar surface area (TPSA) is 97.4 Å². The first kappa shape index (κ1) is 19.5. The van der Waals surface area contributed by atoms with Gasteiger partial charge in [-0.05, 0) is 36.5 Å². The van der Waals surface area contributed by atoms with Crippen molar-refractivity contribution in [3.63, 3.8) is 0 Å². The zero-order valence-corrected chi connectivity index (χ0v) is 16.7. The molecule has 0 bridgehead atoms. The Morgan fingerprint density at radius 3 is 2.14 bits per heavy atom. The summed E-state index contributed by atoms with van der Waals surface area (Å²) in [6.07, 6.45) is 0. The number of hydrogen-bond donors (Lipinski definition) is 3. The van der Waals surface area contributed by atoms with Gasteiger partial charge in [0.05, 0.1) is 14.2 Å². The lowest BCUT2D eigenvalue weighted by atomic mass is 10.2. The maximum absolute atomic E-state index is 12.5. The SMILES string of the molecule is COc1cc(OC)cc(C(=O)Nc2nnc(NC(=S)Nc3ccccc3)s2)c1. The second-order valence-electron chi connectivity index (χ2n) is 5.41. The predicted octanol–water partition coefficient (Wildman–Crippen LogP) is 3.62. The molecule has 0 aliphatic carbocycles. The number of benzene rings is 2. The van der Waals surface area contributed by atoms with Crippen LogP contribution in [0, 0.1) is 0 Å². The van der Waals surface area contributed by atoms with E-state index in [1.54, 1.807) is 18.2 Å². The van der Waals surface area contributed by atoms with Gasteiger partial charge in [0.25, 0.3) is 5.91 Å². The molecule has 0 spiro atoms. The van der Waals surface area contributed by atoms with E-state index in [0.717, 1.165) is 17.0 Å². The molecule has 0 aliphatic rings. The minimum atomic E-state index is -0.357. The number of methoxy groups -OCH3 is 2. The number of para-hydroxylation sites is 1. The molecule has 2 aromatic carbocycles. The van der Waals surface area contributed by atoms with Gasteiger partial charge >= 0.3 is 0 Å². The Morgan fingerprint density at radius 1 is 0.929 bits per heavy atom. The van der Waals surface area contributed by atoms with Crippen LogP contribution in [0.2, 0.25) is 0 Å². The summed E-state index contributed by atoms with van der Waals surface area (Å²) in [7, 11) is 3.04. The molecular formula is C18H17N5O3S2. The number of ether oxygens (including phenoxy) is 2. The zero-order valence-electron chi connectivity index (χ0n) is 15.1. The summed E-state index contributed by atoms with van der Waals surface area (Å²) in [6.45, 7) is 0. The molecule has 3 aromatic rings. The number of nitrogens with zero attached hydrogens (tertiary/aromatic N) is 2. The Labute approximate surface area is 170 Å². The van der Waals surface area contributed by atoms with Gasteiger partial charge in [0.1, 0.15) is 11.5 Å². The molecule has 0 unspecified atom stereocenters. The molecule has 0 radical (unpaired) electrons. The van der Waals surface area contributed by atoms with Crippen LogP contribution in [-0.4, -0.2) is 35.4 Å². The molecule has 28 heavy (non-hydrogen) atoms. The highest BCUT2D eigenvalue weighted by Gasteiger charge is 2.13. The van der Waals surface area contributed by atoms with E-state index >= 15 is 0 Å². The predicted molar refractivity (Wildman–Crippen MR) is 114 cm³/mol. The second-order valence-corrected chi connectivity index (χ2v) is 6.80. The Hall–Kier alpha value is -3.24. The fraction of sp³-hybridized carbons (Fsp3) is 0.111.